The molecule has 2 saturated carbocycles. The van der Waals surface area contributed by atoms with Gasteiger partial charge < -0.3 is 29.7 Å². The summed E-state index contributed by atoms with van der Waals surface area (Å²) in [5.74, 6) is -2.35. The first-order chi connectivity index (χ1) is 26.8. The number of carbonyl (C=O) groups excluding carboxylic acids is 4. The number of aryl methyl sites for hydroxylation is 1. The molecule has 0 bridgehead atoms. The fraction of sp³-hybridized carbons (Fsp3) is 0.625. The minimum absolute atomic E-state index is 0.127. The Morgan fingerprint density at radius 1 is 1.11 bits per heavy atom. The molecule has 7 rings (SSSR count). The van der Waals surface area contributed by atoms with Crippen molar-refractivity contribution in [3.8, 4) is 11.5 Å². The van der Waals surface area contributed by atoms with Gasteiger partial charge >= 0.3 is 6.09 Å². The second-order valence-corrected chi connectivity index (χ2v) is 19.6. The molecule has 57 heavy (non-hydrogen) atoms. The van der Waals surface area contributed by atoms with E-state index in [0.29, 0.717) is 54.3 Å². The number of aromatic nitrogens is 1. The minimum atomic E-state index is -4.06. The highest BCUT2D eigenvalue weighted by molar-refractivity contribution is 7.91. The van der Waals surface area contributed by atoms with Crippen LogP contribution in [-0.4, -0.2) is 89.3 Å². The Morgan fingerprint density at radius 3 is 2.54 bits per heavy atom. The molecule has 3 fully saturated rings. The first-order valence-corrected chi connectivity index (χ1v) is 21.1. The summed E-state index contributed by atoms with van der Waals surface area (Å²) in [5, 5.41) is 6.12. The molecular formula is C40H51F2N5O9S. The van der Waals surface area contributed by atoms with E-state index in [1.54, 1.807) is 45.9 Å². The number of fused-ring (bicyclic) bond motifs is 5. The molecule has 0 unspecified atom stereocenters. The zero-order valence-corrected chi connectivity index (χ0v) is 33.7. The van der Waals surface area contributed by atoms with Gasteiger partial charge in [0.05, 0.1) is 23.9 Å². The molecule has 1 saturated heterocycles. The molecule has 1 aromatic carbocycles. The van der Waals surface area contributed by atoms with Crippen LogP contribution in [0.25, 0.3) is 10.9 Å². The van der Waals surface area contributed by atoms with Crippen LogP contribution in [0.1, 0.15) is 110 Å². The number of pyridine rings is 1. The number of halogens is 2. The topological polar surface area (TPSA) is 182 Å². The van der Waals surface area contributed by atoms with Gasteiger partial charge in [-0.2, -0.15) is 0 Å². The third-order valence-electron chi connectivity index (χ3n) is 11.9. The Morgan fingerprint density at radius 2 is 1.86 bits per heavy atom. The first-order valence-electron chi connectivity index (χ1n) is 19.6. The molecule has 2 aliphatic carbocycles. The monoisotopic (exact) mass is 815 g/mol. The lowest BCUT2D eigenvalue weighted by Gasteiger charge is -2.37. The van der Waals surface area contributed by atoms with E-state index in [9.17, 15) is 36.4 Å². The van der Waals surface area contributed by atoms with Gasteiger partial charge in [0.1, 0.15) is 40.3 Å². The minimum Gasteiger partial charge on any atom is -0.497 e. The Bertz CT molecular complexity index is 2120. The maximum absolute atomic E-state index is 14.7. The number of benzene rings is 1. The Balaban J connectivity index is 1.26. The maximum Gasteiger partial charge on any atom is 0.408 e. The van der Waals surface area contributed by atoms with Crippen LogP contribution in [0.2, 0.25) is 0 Å². The van der Waals surface area contributed by atoms with Crippen LogP contribution in [0.3, 0.4) is 0 Å². The number of nitrogens with one attached hydrogen (secondary N) is 3. The van der Waals surface area contributed by atoms with Crippen LogP contribution < -0.4 is 24.8 Å². The van der Waals surface area contributed by atoms with E-state index in [1.807, 2.05) is 12.2 Å². The number of allylic oxidation sites excluding steroid dienone is 1. The average molecular weight is 816 g/mol. The number of ether oxygens (including phenoxy) is 3. The van der Waals surface area contributed by atoms with Gasteiger partial charge in [0.25, 0.3) is 12.3 Å². The van der Waals surface area contributed by atoms with Crippen LogP contribution in [0, 0.1) is 5.92 Å². The smallest absolute Gasteiger partial charge is 0.408 e. The van der Waals surface area contributed by atoms with Crippen molar-refractivity contribution >= 4 is 44.7 Å². The van der Waals surface area contributed by atoms with E-state index in [2.05, 4.69) is 20.3 Å². The molecule has 4 heterocycles. The van der Waals surface area contributed by atoms with Crippen molar-refractivity contribution in [2.24, 2.45) is 5.92 Å². The lowest BCUT2D eigenvalue weighted by Crippen LogP contribution is -2.58. The van der Waals surface area contributed by atoms with Gasteiger partial charge in [-0.15, -0.1) is 0 Å². The molecule has 3 N–H and O–H groups in total. The van der Waals surface area contributed by atoms with Gasteiger partial charge in [0.2, 0.25) is 21.8 Å². The first kappa shape index (κ1) is 40.6. The lowest BCUT2D eigenvalue weighted by atomic mass is 9.87. The van der Waals surface area contributed by atoms with Crippen molar-refractivity contribution in [3.05, 3.63) is 41.6 Å². The second kappa shape index (κ2) is 14.7. The fourth-order valence-corrected chi connectivity index (χ4v) is 9.57. The van der Waals surface area contributed by atoms with E-state index in [1.165, 1.54) is 12.0 Å². The molecule has 0 radical (unpaired) electrons. The second-order valence-electron chi connectivity index (χ2n) is 17.4. The summed E-state index contributed by atoms with van der Waals surface area (Å²) in [5.41, 5.74) is -3.56. The summed E-state index contributed by atoms with van der Waals surface area (Å²) in [4.78, 5) is 61.9. The van der Waals surface area contributed by atoms with Crippen LogP contribution in [0.4, 0.5) is 13.6 Å². The number of sulfonamides is 1. The van der Waals surface area contributed by atoms with Crippen LogP contribution in [0.5, 0.6) is 11.5 Å². The van der Waals surface area contributed by atoms with Gasteiger partial charge in [-0.05, 0) is 97.3 Å². The zero-order chi connectivity index (χ0) is 41.1. The fourth-order valence-electron chi connectivity index (χ4n) is 8.26. The van der Waals surface area contributed by atoms with Gasteiger partial charge in [0.15, 0.2) is 5.75 Å². The van der Waals surface area contributed by atoms with Crippen molar-refractivity contribution in [2.75, 3.05) is 13.7 Å². The van der Waals surface area contributed by atoms with Crippen LogP contribution >= 0.6 is 0 Å². The maximum atomic E-state index is 14.7. The largest absolute Gasteiger partial charge is 0.497 e. The SMILES string of the molecule is COc1ccc2nc(C(F)F)c3c(c2c1)CC[C@]1(C[C@H]2C(=O)N[C@]4(C(=O)NS(=O)(=O)C5(C)CC5)C[C@H]4/C=C\CCCCC[C@H](NC(=O)OC(C)(C)C)C(=O)N2C1)O3. The van der Waals surface area contributed by atoms with Crippen LogP contribution in [-0.2, 0) is 35.6 Å². The van der Waals surface area contributed by atoms with Crippen molar-refractivity contribution in [2.45, 2.75) is 138 Å². The number of hydrogen-bond acceptors (Lipinski definition) is 10. The van der Waals surface area contributed by atoms with E-state index in [-0.39, 0.29) is 44.4 Å². The number of amides is 4. The predicted molar refractivity (Wildman–Crippen MR) is 204 cm³/mol. The Hall–Kier alpha value is -4.54. The molecule has 5 atom stereocenters. The molecule has 4 amide bonds. The highest BCUT2D eigenvalue weighted by Gasteiger charge is 2.64. The highest BCUT2D eigenvalue weighted by Crippen LogP contribution is 2.50. The van der Waals surface area contributed by atoms with Gasteiger partial charge in [-0.3, -0.25) is 19.1 Å². The van der Waals surface area contributed by atoms with Gasteiger partial charge in [-0.25, -0.2) is 27.0 Å². The molecule has 1 spiro atoms. The summed E-state index contributed by atoms with van der Waals surface area (Å²) >= 11 is 0. The molecule has 1 aromatic heterocycles. The third-order valence-corrected chi connectivity index (χ3v) is 14.1. The number of nitrogens with zero attached hydrogens (tertiary/aromatic N) is 2. The number of alkyl halides is 2. The lowest BCUT2D eigenvalue weighted by molar-refractivity contribution is -0.141. The van der Waals surface area contributed by atoms with Crippen molar-refractivity contribution in [1.29, 1.82) is 0 Å². The Kier molecular flexibility index (Phi) is 10.5. The van der Waals surface area contributed by atoms with Crippen LogP contribution in [0.15, 0.2) is 30.4 Å². The summed E-state index contributed by atoms with van der Waals surface area (Å²) in [6.07, 6.45) is 3.99. The predicted octanol–water partition coefficient (Wildman–Crippen LogP) is 5.13. The van der Waals surface area contributed by atoms with Gasteiger partial charge in [-0.1, -0.05) is 25.0 Å². The summed E-state index contributed by atoms with van der Waals surface area (Å²) in [6, 6.07) is 2.52. The average Bonchev–Trinajstić information content (AvgIpc) is 4.03. The molecule has 310 valence electrons. The van der Waals surface area contributed by atoms with E-state index in [4.69, 9.17) is 14.2 Å². The van der Waals surface area contributed by atoms with Crippen molar-refractivity contribution in [1.82, 2.24) is 25.2 Å². The zero-order valence-electron chi connectivity index (χ0n) is 32.9. The molecule has 14 nitrogen and oxygen atoms in total. The molecular weight excluding hydrogens is 765 g/mol. The summed E-state index contributed by atoms with van der Waals surface area (Å²) < 4.78 is 74.4. The molecule has 3 aliphatic heterocycles. The van der Waals surface area contributed by atoms with Gasteiger partial charge in [0, 0.05) is 23.3 Å². The standard InChI is InChI=1S/C40H51F2N5O9S/c1-37(2,3)56-36(51)44-28-12-10-8-6-7-9-11-23-20-40(23,35(50)46-57(52,53)38(4)17-18-38)45-33(48)29-21-39(22-47(29)34(28)49)16-15-25-26-19-24(54-5)13-14-27(26)43-30(32(41)42)31(25)55-39/h9,11,13-14,19,23,28-29,32H,6-8,10,12,15-18,20-22H2,1-5H3,(H,44,51)(H,45,48)(H,46,50)/b11-9-/t23-,28+,29+,39-,40-/m1/s1. The molecule has 2 aromatic rings. The number of alkyl carbamates (subject to hydrolysis) is 1. The Labute approximate surface area is 330 Å². The normalized spacial score (nSPS) is 29.1. The third kappa shape index (κ3) is 8.00. The van der Waals surface area contributed by atoms with Crippen molar-refractivity contribution in [3.63, 3.8) is 0 Å². The number of carbonyl (C=O) groups is 4. The molecule has 17 heteroatoms. The molecule has 5 aliphatic rings. The van der Waals surface area contributed by atoms with E-state index < -0.39 is 85.4 Å². The number of methoxy groups -OCH3 is 1. The van der Waals surface area contributed by atoms with E-state index in [0.717, 1.165) is 6.42 Å². The van der Waals surface area contributed by atoms with Crippen molar-refractivity contribution < 1.29 is 50.6 Å². The summed E-state index contributed by atoms with van der Waals surface area (Å²) in [7, 11) is -2.56. The highest BCUT2D eigenvalue weighted by atomic mass is 32.2. The van der Waals surface area contributed by atoms with E-state index >= 15 is 0 Å². The number of hydrogen-bond donors (Lipinski definition) is 3. The summed E-state index contributed by atoms with van der Waals surface area (Å²) in [6.45, 7) is 6.42. The quantitative estimate of drug-likeness (QED) is 0.331. The number of rotatable bonds is 6.